The van der Waals surface area contributed by atoms with Gasteiger partial charge in [0.05, 0.1) is 12.8 Å². The predicted octanol–water partition coefficient (Wildman–Crippen LogP) is 2.64. The molecule has 0 spiro atoms. The Hall–Kier alpha value is -2.23. The Balaban J connectivity index is 1.94. The zero-order valence-corrected chi connectivity index (χ0v) is 11.3. The topological polar surface area (TPSA) is 60.2 Å². The molecule has 0 aliphatic heterocycles. The van der Waals surface area contributed by atoms with Gasteiger partial charge in [-0.25, -0.2) is 4.98 Å². The highest BCUT2D eigenvalue weighted by molar-refractivity contribution is 5.64. The van der Waals surface area contributed by atoms with Gasteiger partial charge in [0, 0.05) is 12.7 Å². The Bertz CT molecular complexity index is 555. The number of nitrogen functional groups attached to an aromatic ring is 1. The first-order valence-electron chi connectivity index (χ1n) is 6.28. The van der Waals surface area contributed by atoms with Crippen LogP contribution in [-0.4, -0.2) is 18.6 Å². The van der Waals surface area contributed by atoms with Gasteiger partial charge in [-0.15, -0.1) is 0 Å². The lowest BCUT2D eigenvalue weighted by atomic mass is 10.1. The molecule has 19 heavy (non-hydrogen) atoms. The molecular weight excluding hydrogens is 238 g/mol. The lowest BCUT2D eigenvalue weighted by Gasteiger charge is -2.10. The Morgan fingerprint density at radius 1 is 1.32 bits per heavy atom. The van der Waals surface area contributed by atoms with Crippen LogP contribution in [0.4, 0.5) is 11.5 Å². The van der Waals surface area contributed by atoms with Crippen molar-refractivity contribution in [3.8, 4) is 5.75 Å². The van der Waals surface area contributed by atoms with E-state index < -0.39 is 0 Å². The summed E-state index contributed by atoms with van der Waals surface area (Å²) in [4.78, 5) is 4.24. The number of nitrogens with zero attached hydrogens (tertiary/aromatic N) is 1. The molecule has 2 rings (SSSR count). The van der Waals surface area contributed by atoms with Gasteiger partial charge in [-0.05, 0) is 42.7 Å². The highest BCUT2D eigenvalue weighted by Crippen LogP contribution is 2.19. The number of nitrogens with one attached hydrogen (secondary N) is 1. The van der Waals surface area contributed by atoms with Crippen molar-refractivity contribution in [1.29, 1.82) is 0 Å². The predicted molar refractivity (Wildman–Crippen MR) is 78.6 cm³/mol. The quantitative estimate of drug-likeness (QED) is 0.864. The van der Waals surface area contributed by atoms with Gasteiger partial charge in [-0.1, -0.05) is 12.1 Å². The van der Waals surface area contributed by atoms with E-state index in [1.807, 2.05) is 31.2 Å². The maximum absolute atomic E-state index is 5.96. The van der Waals surface area contributed by atoms with Crippen LogP contribution in [0.5, 0.6) is 5.75 Å². The minimum Gasteiger partial charge on any atom is -0.497 e. The fourth-order valence-corrected chi connectivity index (χ4v) is 1.86. The van der Waals surface area contributed by atoms with Crippen molar-refractivity contribution in [1.82, 2.24) is 4.98 Å². The van der Waals surface area contributed by atoms with Gasteiger partial charge in [-0.2, -0.15) is 0 Å². The molecule has 0 saturated heterocycles. The van der Waals surface area contributed by atoms with Crippen molar-refractivity contribution in [2.24, 2.45) is 0 Å². The molecule has 1 aromatic carbocycles. The molecule has 0 amide bonds. The Kier molecular flexibility index (Phi) is 4.23. The van der Waals surface area contributed by atoms with Gasteiger partial charge in [-0.3, -0.25) is 0 Å². The zero-order valence-electron chi connectivity index (χ0n) is 11.3. The summed E-state index contributed by atoms with van der Waals surface area (Å²) in [7, 11) is 1.68. The molecule has 2 aromatic rings. The molecule has 3 N–H and O–H groups in total. The van der Waals surface area contributed by atoms with Crippen molar-refractivity contribution in [3.05, 3.63) is 47.7 Å². The van der Waals surface area contributed by atoms with Gasteiger partial charge in [0.2, 0.25) is 0 Å². The first-order chi connectivity index (χ1) is 9.20. The molecular formula is C15H19N3O. The number of benzene rings is 1. The highest BCUT2D eigenvalue weighted by Gasteiger charge is 2.02. The van der Waals surface area contributed by atoms with E-state index >= 15 is 0 Å². The van der Waals surface area contributed by atoms with Gasteiger partial charge < -0.3 is 15.8 Å². The molecule has 4 nitrogen and oxygen atoms in total. The number of hydrogen-bond donors (Lipinski definition) is 2. The van der Waals surface area contributed by atoms with Gasteiger partial charge in [0.1, 0.15) is 11.6 Å². The molecule has 0 saturated carbocycles. The standard InChI is InChI=1S/C15H19N3O/c1-11-6-8-17-15(14(11)16)18-9-7-12-4-3-5-13(10-12)19-2/h3-6,8,10H,7,9,16H2,1-2H3,(H,17,18). The Labute approximate surface area is 113 Å². The van der Waals surface area contributed by atoms with Crippen molar-refractivity contribution >= 4 is 11.5 Å². The van der Waals surface area contributed by atoms with Crippen LogP contribution < -0.4 is 15.8 Å². The largest absolute Gasteiger partial charge is 0.497 e. The lowest BCUT2D eigenvalue weighted by molar-refractivity contribution is 0.414. The van der Waals surface area contributed by atoms with E-state index in [1.165, 1.54) is 5.56 Å². The van der Waals surface area contributed by atoms with Crippen LogP contribution in [0.2, 0.25) is 0 Å². The van der Waals surface area contributed by atoms with Crippen LogP contribution in [0.15, 0.2) is 36.5 Å². The number of aryl methyl sites for hydroxylation is 1. The number of ether oxygens (including phenoxy) is 1. The second kappa shape index (κ2) is 6.09. The van der Waals surface area contributed by atoms with Crippen LogP contribution in [0.1, 0.15) is 11.1 Å². The van der Waals surface area contributed by atoms with E-state index in [4.69, 9.17) is 10.5 Å². The maximum atomic E-state index is 5.96. The molecule has 0 bridgehead atoms. The van der Waals surface area contributed by atoms with Crippen molar-refractivity contribution in [2.45, 2.75) is 13.3 Å². The summed E-state index contributed by atoms with van der Waals surface area (Å²) in [5, 5.41) is 3.26. The second-order valence-electron chi connectivity index (χ2n) is 4.42. The van der Waals surface area contributed by atoms with Crippen LogP contribution in [0.3, 0.4) is 0 Å². The summed E-state index contributed by atoms with van der Waals surface area (Å²) in [6.07, 6.45) is 2.66. The minimum atomic E-state index is 0.716. The SMILES string of the molecule is COc1cccc(CCNc2nccc(C)c2N)c1. The van der Waals surface area contributed by atoms with Crippen molar-refractivity contribution in [3.63, 3.8) is 0 Å². The fourth-order valence-electron chi connectivity index (χ4n) is 1.86. The van der Waals surface area contributed by atoms with Gasteiger partial charge in [0.25, 0.3) is 0 Å². The smallest absolute Gasteiger partial charge is 0.149 e. The summed E-state index contributed by atoms with van der Waals surface area (Å²) < 4.78 is 5.20. The minimum absolute atomic E-state index is 0.716. The molecule has 4 heteroatoms. The summed E-state index contributed by atoms with van der Waals surface area (Å²) in [5.74, 6) is 1.63. The molecule has 1 aromatic heterocycles. The molecule has 0 unspecified atom stereocenters. The van der Waals surface area contributed by atoms with Crippen LogP contribution in [-0.2, 0) is 6.42 Å². The van der Waals surface area contributed by atoms with Gasteiger partial charge >= 0.3 is 0 Å². The Morgan fingerprint density at radius 3 is 2.95 bits per heavy atom. The summed E-state index contributed by atoms with van der Waals surface area (Å²) in [5.41, 5.74) is 8.94. The molecule has 0 atom stereocenters. The second-order valence-corrected chi connectivity index (χ2v) is 4.42. The first kappa shape index (κ1) is 13.2. The van der Waals surface area contributed by atoms with E-state index in [2.05, 4.69) is 16.4 Å². The molecule has 100 valence electrons. The molecule has 0 fully saturated rings. The van der Waals surface area contributed by atoms with Gasteiger partial charge in [0.15, 0.2) is 0 Å². The molecule has 0 radical (unpaired) electrons. The first-order valence-corrected chi connectivity index (χ1v) is 6.28. The van der Waals surface area contributed by atoms with Crippen LogP contribution >= 0.6 is 0 Å². The molecule has 0 aliphatic carbocycles. The van der Waals surface area contributed by atoms with Crippen LogP contribution in [0, 0.1) is 6.92 Å². The normalized spacial score (nSPS) is 10.2. The molecule has 0 aliphatic rings. The van der Waals surface area contributed by atoms with E-state index in [0.717, 1.165) is 30.1 Å². The summed E-state index contributed by atoms with van der Waals surface area (Å²) in [6.45, 7) is 2.76. The molecule has 1 heterocycles. The van der Waals surface area contributed by atoms with E-state index in [0.29, 0.717) is 5.69 Å². The number of aromatic nitrogens is 1. The van der Waals surface area contributed by atoms with Crippen molar-refractivity contribution in [2.75, 3.05) is 24.7 Å². The Morgan fingerprint density at radius 2 is 2.16 bits per heavy atom. The van der Waals surface area contributed by atoms with E-state index in [1.54, 1.807) is 13.3 Å². The average molecular weight is 257 g/mol. The van der Waals surface area contributed by atoms with Crippen molar-refractivity contribution < 1.29 is 4.74 Å². The monoisotopic (exact) mass is 257 g/mol. The van der Waals surface area contributed by atoms with Crippen LogP contribution in [0.25, 0.3) is 0 Å². The lowest BCUT2D eigenvalue weighted by Crippen LogP contribution is -2.09. The highest BCUT2D eigenvalue weighted by atomic mass is 16.5. The van der Waals surface area contributed by atoms with E-state index in [9.17, 15) is 0 Å². The third kappa shape index (κ3) is 3.37. The number of pyridine rings is 1. The third-order valence-corrected chi connectivity index (χ3v) is 3.05. The number of rotatable bonds is 5. The maximum Gasteiger partial charge on any atom is 0.149 e. The zero-order chi connectivity index (χ0) is 13.7. The average Bonchev–Trinajstić information content (AvgIpc) is 2.44. The summed E-state index contributed by atoms with van der Waals surface area (Å²) >= 11 is 0. The number of methoxy groups -OCH3 is 1. The number of hydrogen-bond acceptors (Lipinski definition) is 4. The number of anilines is 2. The van der Waals surface area contributed by atoms with E-state index in [-0.39, 0.29) is 0 Å². The fraction of sp³-hybridized carbons (Fsp3) is 0.267. The summed E-state index contributed by atoms with van der Waals surface area (Å²) in [6, 6.07) is 9.96. The number of nitrogens with two attached hydrogens (primary N) is 1. The third-order valence-electron chi connectivity index (χ3n) is 3.05.